The molecular formula is C21H26N4O2. The van der Waals surface area contributed by atoms with Crippen LogP contribution in [0.15, 0.2) is 36.5 Å². The number of carbonyl (C=O) groups excluding carboxylic acids is 2. The number of para-hydroxylation sites is 1. The van der Waals surface area contributed by atoms with Gasteiger partial charge in [0, 0.05) is 36.0 Å². The van der Waals surface area contributed by atoms with Gasteiger partial charge in [-0.2, -0.15) is 5.10 Å². The summed E-state index contributed by atoms with van der Waals surface area (Å²) in [6.07, 6.45) is 4.03. The van der Waals surface area contributed by atoms with Gasteiger partial charge in [-0.25, -0.2) is 0 Å². The summed E-state index contributed by atoms with van der Waals surface area (Å²) in [7, 11) is 0. The maximum absolute atomic E-state index is 12.7. The predicted molar refractivity (Wildman–Crippen MR) is 103 cm³/mol. The quantitative estimate of drug-likeness (QED) is 0.854. The maximum Gasteiger partial charge on any atom is 0.246 e. The van der Waals surface area contributed by atoms with Gasteiger partial charge in [0.2, 0.25) is 11.8 Å². The van der Waals surface area contributed by atoms with Gasteiger partial charge < -0.3 is 10.6 Å². The van der Waals surface area contributed by atoms with E-state index >= 15 is 0 Å². The first-order chi connectivity index (χ1) is 13.0. The molecule has 2 amide bonds. The van der Waals surface area contributed by atoms with Crippen molar-refractivity contribution in [2.24, 2.45) is 11.8 Å². The minimum atomic E-state index is -0.480. The number of hydrogen-bond acceptors (Lipinski definition) is 3. The normalized spacial score (nSPS) is 24.1. The van der Waals surface area contributed by atoms with Gasteiger partial charge >= 0.3 is 0 Å². The molecule has 1 aromatic carbocycles. The Hall–Kier alpha value is -2.63. The molecule has 2 N–H and O–H groups in total. The molecule has 0 radical (unpaired) electrons. The molecule has 27 heavy (non-hydrogen) atoms. The monoisotopic (exact) mass is 366 g/mol. The van der Waals surface area contributed by atoms with E-state index in [0.717, 1.165) is 36.3 Å². The molecule has 1 aromatic heterocycles. The summed E-state index contributed by atoms with van der Waals surface area (Å²) in [5.41, 5.74) is 3.09. The third kappa shape index (κ3) is 3.75. The number of amides is 2. The number of carbonyl (C=O) groups is 2. The van der Waals surface area contributed by atoms with Gasteiger partial charge in [0.15, 0.2) is 0 Å². The van der Waals surface area contributed by atoms with Crippen molar-refractivity contribution in [3.05, 3.63) is 47.8 Å². The third-order valence-electron chi connectivity index (χ3n) is 5.41. The molecule has 0 spiro atoms. The molecule has 0 saturated heterocycles. The number of aromatic nitrogens is 2. The first-order valence-corrected chi connectivity index (χ1v) is 9.73. The molecule has 1 unspecified atom stereocenters. The maximum atomic E-state index is 12.7. The van der Waals surface area contributed by atoms with Crippen molar-refractivity contribution in [2.45, 2.75) is 51.6 Å². The van der Waals surface area contributed by atoms with Crippen molar-refractivity contribution >= 4 is 17.5 Å². The standard InChI is InChI=1S/C21H26N4O2/c1-13(2)12-25-19(9-10-22-25)15-11-16(15)20(26)24-18-8-7-14-5-3-4-6-17(14)23-21(18)27/h3-6,9-10,13,15-16,18H,7-8,11-12H2,1-2H3,(H,23,27)(H,24,26)/t15-,16-,18?/m1/s1. The smallest absolute Gasteiger partial charge is 0.246 e. The van der Waals surface area contributed by atoms with Crippen molar-refractivity contribution in [3.8, 4) is 0 Å². The Morgan fingerprint density at radius 1 is 1.33 bits per heavy atom. The molecular weight excluding hydrogens is 340 g/mol. The topological polar surface area (TPSA) is 76.0 Å². The van der Waals surface area contributed by atoms with Gasteiger partial charge in [-0.1, -0.05) is 32.0 Å². The summed E-state index contributed by atoms with van der Waals surface area (Å²) in [5.74, 6) is 0.494. The lowest BCUT2D eigenvalue weighted by Crippen LogP contribution is -2.44. The second kappa shape index (κ2) is 7.18. The van der Waals surface area contributed by atoms with Crippen molar-refractivity contribution < 1.29 is 9.59 Å². The summed E-state index contributed by atoms with van der Waals surface area (Å²) in [6, 6.07) is 9.34. The van der Waals surface area contributed by atoms with E-state index in [1.54, 1.807) is 6.20 Å². The van der Waals surface area contributed by atoms with E-state index in [-0.39, 0.29) is 23.7 Å². The van der Waals surface area contributed by atoms with Gasteiger partial charge in [-0.05, 0) is 42.9 Å². The zero-order chi connectivity index (χ0) is 19.0. The Morgan fingerprint density at radius 2 is 2.15 bits per heavy atom. The van der Waals surface area contributed by atoms with E-state index in [1.165, 1.54) is 0 Å². The fourth-order valence-electron chi connectivity index (χ4n) is 3.90. The van der Waals surface area contributed by atoms with Crippen molar-refractivity contribution in [3.63, 3.8) is 0 Å². The Kier molecular flexibility index (Phi) is 4.72. The molecule has 4 rings (SSSR count). The lowest BCUT2D eigenvalue weighted by Gasteiger charge is -2.15. The molecule has 6 nitrogen and oxygen atoms in total. The van der Waals surface area contributed by atoms with Crippen LogP contribution in [0.2, 0.25) is 0 Å². The highest BCUT2D eigenvalue weighted by atomic mass is 16.2. The van der Waals surface area contributed by atoms with Gasteiger partial charge in [-0.3, -0.25) is 14.3 Å². The number of nitrogens with one attached hydrogen (secondary N) is 2. The highest BCUT2D eigenvalue weighted by Crippen LogP contribution is 2.47. The molecule has 1 aliphatic carbocycles. The number of benzene rings is 1. The fourth-order valence-corrected chi connectivity index (χ4v) is 3.90. The number of fused-ring (bicyclic) bond motifs is 1. The average molecular weight is 366 g/mol. The van der Waals surface area contributed by atoms with Crippen molar-refractivity contribution in [2.75, 3.05) is 5.32 Å². The van der Waals surface area contributed by atoms with Crippen LogP contribution in [-0.2, 0) is 22.6 Å². The molecule has 1 fully saturated rings. The molecule has 3 atom stereocenters. The van der Waals surface area contributed by atoms with Crippen LogP contribution in [0.25, 0.3) is 0 Å². The van der Waals surface area contributed by atoms with Crippen LogP contribution < -0.4 is 10.6 Å². The Bertz CT molecular complexity index is 857. The molecule has 2 aliphatic rings. The fraction of sp³-hybridized carbons (Fsp3) is 0.476. The molecule has 1 aliphatic heterocycles. The van der Waals surface area contributed by atoms with E-state index in [0.29, 0.717) is 12.3 Å². The number of anilines is 1. The molecule has 1 saturated carbocycles. The highest BCUT2D eigenvalue weighted by Gasteiger charge is 2.46. The molecule has 2 aromatic rings. The molecule has 142 valence electrons. The number of hydrogen-bond donors (Lipinski definition) is 2. The van der Waals surface area contributed by atoms with Crippen LogP contribution in [-0.4, -0.2) is 27.6 Å². The first kappa shape index (κ1) is 17.8. The average Bonchev–Trinajstić information content (AvgIpc) is 3.33. The largest absolute Gasteiger partial charge is 0.344 e. The molecule has 2 heterocycles. The van der Waals surface area contributed by atoms with Crippen LogP contribution in [0.3, 0.4) is 0 Å². The van der Waals surface area contributed by atoms with Gasteiger partial charge in [0.05, 0.1) is 0 Å². The Balaban J connectivity index is 1.38. The summed E-state index contributed by atoms with van der Waals surface area (Å²) in [5, 5.41) is 10.3. The van der Waals surface area contributed by atoms with Crippen LogP contribution in [0.4, 0.5) is 5.69 Å². The van der Waals surface area contributed by atoms with Crippen molar-refractivity contribution in [1.82, 2.24) is 15.1 Å². The Morgan fingerprint density at radius 3 is 2.96 bits per heavy atom. The molecule has 0 bridgehead atoms. The van der Waals surface area contributed by atoms with Gasteiger partial charge in [0.25, 0.3) is 0 Å². The van der Waals surface area contributed by atoms with Crippen LogP contribution in [0.1, 0.15) is 43.9 Å². The first-order valence-electron chi connectivity index (χ1n) is 9.73. The lowest BCUT2D eigenvalue weighted by molar-refractivity contribution is -0.127. The lowest BCUT2D eigenvalue weighted by atomic mass is 10.1. The van der Waals surface area contributed by atoms with E-state index < -0.39 is 6.04 Å². The minimum Gasteiger partial charge on any atom is -0.344 e. The Labute approximate surface area is 159 Å². The predicted octanol–water partition coefficient (Wildman–Crippen LogP) is 2.71. The van der Waals surface area contributed by atoms with Gasteiger partial charge in [-0.15, -0.1) is 0 Å². The molecule has 6 heteroatoms. The number of nitrogens with zero attached hydrogens (tertiary/aromatic N) is 2. The van der Waals surface area contributed by atoms with Crippen LogP contribution in [0.5, 0.6) is 0 Å². The van der Waals surface area contributed by atoms with E-state index in [1.807, 2.05) is 35.0 Å². The highest BCUT2D eigenvalue weighted by molar-refractivity contribution is 5.99. The summed E-state index contributed by atoms with van der Waals surface area (Å²) in [6.45, 7) is 5.17. The van der Waals surface area contributed by atoms with Crippen LogP contribution in [0, 0.1) is 11.8 Å². The SMILES string of the molecule is CC(C)Cn1nccc1[C@@H]1C[C@H]1C(=O)NC1CCc2ccccc2NC1=O. The zero-order valence-corrected chi connectivity index (χ0v) is 15.8. The third-order valence-corrected chi connectivity index (χ3v) is 5.41. The summed E-state index contributed by atoms with van der Waals surface area (Å²) < 4.78 is 2.01. The summed E-state index contributed by atoms with van der Waals surface area (Å²) >= 11 is 0. The van der Waals surface area contributed by atoms with Crippen molar-refractivity contribution in [1.29, 1.82) is 0 Å². The second-order valence-electron chi connectivity index (χ2n) is 8.03. The number of rotatable bonds is 5. The van der Waals surface area contributed by atoms with E-state index in [9.17, 15) is 9.59 Å². The zero-order valence-electron chi connectivity index (χ0n) is 15.8. The van der Waals surface area contributed by atoms with Crippen LogP contribution >= 0.6 is 0 Å². The minimum absolute atomic E-state index is 0.0246. The second-order valence-corrected chi connectivity index (χ2v) is 8.03. The van der Waals surface area contributed by atoms with E-state index in [4.69, 9.17) is 0 Å². The van der Waals surface area contributed by atoms with Gasteiger partial charge in [0.1, 0.15) is 6.04 Å². The summed E-state index contributed by atoms with van der Waals surface area (Å²) in [4.78, 5) is 25.2. The number of aryl methyl sites for hydroxylation is 1. The van der Waals surface area contributed by atoms with E-state index in [2.05, 4.69) is 29.6 Å².